The molecule has 0 aromatic heterocycles. The van der Waals surface area contributed by atoms with Crippen molar-refractivity contribution in [3.8, 4) is 0 Å². The first-order chi connectivity index (χ1) is 8.58. The van der Waals surface area contributed by atoms with Gasteiger partial charge in [-0.3, -0.25) is 0 Å². The van der Waals surface area contributed by atoms with Crippen LogP contribution in [0.2, 0.25) is 0 Å². The van der Waals surface area contributed by atoms with Gasteiger partial charge in [-0.25, -0.2) is 0 Å². The maximum Gasteiger partial charge on any atom is 0.0368 e. The maximum atomic E-state index is 4.13. The molecule has 1 rings (SSSR count). The highest BCUT2D eigenvalue weighted by Crippen LogP contribution is 2.30. The highest BCUT2D eigenvalue weighted by atomic mass is 79.9. The summed E-state index contributed by atoms with van der Waals surface area (Å²) >= 11 is 7.15. The molecule has 0 spiro atoms. The Morgan fingerprint density at radius 1 is 1.33 bits per heavy atom. The van der Waals surface area contributed by atoms with Crippen LogP contribution < -0.4 is 5.32 Å². The van der Waals surface area contributed by atoms with Crippen molar-refractivity contribution in [3.63, 3.8) is 0 Å². The van der Waals surface area contributed by atoms with Crippen molar-refractivity contribution in [2.24, 2.45) is 0 Å². The summed E-state index contributed by atoms with van der Waals surface area (Å²) in [6.07, 6.45) is 3.18. The molecule has 0 aliphatic rings. The smallest absolute Gasteiger partial charge is 0.0368 e. The summed E-state index contributed by atoms with van der Waals surface area (Å²) in [5, 5.41) is 3.61. The Kier molecular flexibility index (Phi) is 7.20. The van der Waals surface area contributed by atoms with Crippen LogP contribution in [0.15, 0.2) is 39.3 Å². The van der Waals surface area contributed by atoms with Crippen LogP contribution in [0.4, 0.5) is 0 Å². The molecule has 0 amide bonds. The second kappa shape index (κ2) is 8.13. The molecule has 18 heavy (non-hydrogen) atoms. The summed E-state index contributed by atoms with van der Waals surface area (Å²) in [7, 11) is 0. The van der Waals surface area contributed by atoms with E-state index in [1.165, 1.54) is 11.1 Å². The molecular formula is C15H21Br2N. The molecule has 1 nitrogen and oxygen atoms in total. The van der Waals surface area contributed by atoms with E-state index in [0.29, 0.717) is 6.04 Å². The predicted molar refractivity (Wildman–Crippen MR) is 86.9 cm³/mol. The second-order valence-corrected chi connectivity index (χ2v) is 6.25. The number of nitrogens with one attached hydrogen (secondary N) is 1. The van der Waals surface area contributed by atoms with E-state index in [-0.39, 0.29) is 0 Å². The Balaban J connectivity index is 2.89. The van der Waals surface area contributed by atoms with Crippen LogP contribution in [0.25, 0.3) is 0 Å². The van der Waals surface area contributed by atoms with Gasteiger partial charge in [-0.2, -0.15) is 0 Å². The van der Waals surface area contributed by atoms with E-state index in [1.54, 1.807) is 0 Å². The molecular weight excluding hydrogens is 354 g/mol. The monoisotopic (exact) mass is 373 g/mol. The Morgan fingerprint density at radius 3 is 2.61 bits per heavy atom. The summed E-state index contributed by atoms with van der Waals surface area (Å²) in [6.45, 7) is 9.51. The van der Waals surface area contributed by atoms with Gasteiger partial charge in [0.1, 0.15) is 0 Å². The second-order valence-electron chi connectivity index (χ2n) is 4.48. The number of halogens is 2. The highest BCUT2D eigenvalue weighted by Gasteiger charge is 2.14. The van der Waals surface area contributed by atoms with Crippen molar-refractivity contribution in [1.29, 1.82) is 0 Å². The van der Waals surface area contributed by atoms with E-state index < -0.39 is 0 Å². The molecule has 0 fully saturated rings. The van der Waals surface area contributed by atoms with Gasteiger partial charge in [-0.1, -0.05) is 63.9 Å². The molecule has 1 N–H and O–H groups in total. The van der Waals surface area contributed by atoms with Crippen LogP contribution in [0.5, 0.6) is 0 Å². The Bertz CT molecular complexity index is 401. The maximum absolute atomic E-state index is 4.13. The van der Waals surface area contributed by atoms with Crippen molar-refractivity contribution >= 4 is 31.9 Å². The van der Waals surface area contributed by atoms with Crippen molar-refractivity contribution in [2.45, 2.75) is 39.2 Å². The fraction of sp³-hybridized carbons (Fsp3) is 0.467. The molecule has 1 unspecified atom stereocenters. The number of hydrogen-bond donors (Lipinski definition) is 1. The van der Waals surface area contributed by atoms with Crippen molar-refractivity contribution < 1.29 is 0 Å². The van der Waals surface area contributed by atoms with Crippen LogP contribution in [-0.2, 0) is 0 Å². The zero-order valence-electron chi connectivity index (χ0n) is 11.1. The molecule has 0 saturated heterocycles. The average molecular weight is 375 g/mol. The first-order valence-corrected chi connectivity index (χ1v) is 8.02. The molecule has 0 saturated carbocycles. The van der Waals surface area contributed by atoms with E-state index >= 15 is 0 Å². The first kappa shape index (κ1) is 15.9. The van der Waals surface area contributed by atoms with Gasteiger partial charge in [0.15, 0.2) is 0 Å². The summed E-state index contributed by atoms with van der Waals surface area (Å²) in [5.74, 6) is 0. The Labute approximate surface area is 127 Å². The quantitative estimate of drug-likeness (QED) is 0.611. The zero-order valence-corrected chi connectivity index (χ0v) is 14.3. The van der Waals surface area contributed by atoms with Crippen molar-refractivity contribution in [1.82, 2.24) is 5.32 Å². The minimum atomic E-state index is 0.347. The molecule has 0 radical (unpaired) electrons. The van der Waals surface area contributed by atoms with Gasteiger partial charge in [0.2, 0.25) is 0 Å². The summed E-state index contributed by atoms with van der Waals surface area (Å²) in [4.78, 5) is 0. The lowest BCUT2D eigenvalue weighted by Crippen LogP contribution is -2.23. The molecule has 1 atom stereocenters. The summed E-state index contributed by atoms with van der Waals surface area (Å²) < 4.78 is 2.25. The fourth-order valence-corrected chi connectivity index (χ4v) is 3.15. The third-order valence-electron chi connectivity index (χ3n) is 2.97. The van der Waals surface area contributed by atoms with Crippen molar-refractivity contribution in [2.75, 3.05) is 6.54 Å². The zero-order chi connectivity index (χ0) is 13.5. The van der Waals surface area contributed by atoms with Crippen LogP contribution in [0.1, 0.15) is 44.7 Å². The third kappa shape index (κ3) is 4.87. The lowest BCUT2D eigenvalue weighted by atomic mass is 9.98. The normalized spacial score (nSPS) is 12.4. The average Bonchev–Trinajstić information content (AvgIpc) is 2.34. The van der Waals surface area contributed by atoms with Gasteiger partial charge in [0.05, 0.1) is 0 Å². The van der Waals surface area contributed by atoms with E-state index in [4.69, 9.17) is 0 Å². The number of benzene rings is 1. The topological polar surface area (TPSA) is 12.0 Å². The SMILES string of the molecule is C=C(CC)CC(NCCC)c1ccc(Br)cc1Br. The lowest BCUT2D eigenvalue weighted by molar-refractivity contribution is 0.522. The number of rotatable bonds is 7. The molecule has 0 bridgehead atoms. The molecule has 0 heterocycles. The van der Waals surface area contributed by atoms with E-state index in [2.05, 4.69) is 75.8 Å². The minimum Gasteiger partial charge on any atom is -0.310 e. The molecule has 100 valence electrons. The van der Waals surface area contributed by atoms with Gasteiger partial charge in [0.25, 0.3) is 0 Å². The third-order valence-corrected chi connectivity index (χ3v) is 4.15. The van der Waals surface area contributed by atoms with Crippen LogP contribution in [-0.4, -0.2) is 6.54 Å². The highest BCUT2D eigenvalue weighted by molar-refractivity contribution is 9.11. The summed E-state index contributed by atoms with van der Waals surface area (Å²) in [5.41, 5.74) is 2.60. The summed E-state index contributed by atoms with van der Waals surface area (Å²) in [6, 6.07) is 6.71. The van der Waals surface area contributed by atoms with Gasteiger partial charge >= 0.3 is 0 Å². The molecule has 1 aromatic rings. The van der Waals surface area contributed by atoms with Gasteiger partial charge < -0.3 is 5.32 Å². The van der Waals surface area contributed by atoms with E-state index in [1.807, 2.05) is 0 Å². The molecule has 1 aromatic carbocycles. The van der Waals surface area contributed by atoms with Gasteiger partial charge in [-0.15, -0.1) is 0 Å². The predicted octanol–water partition coefficient (Wildman–Crippen LogP) is 5.61. The van der Waals surface area contributed by atoms with Crippen molar-refractivity contribution in [3.05, 3.63) is 44.9 Å². The number of hydrogen-bond acceptors (Lipinski definition) is 1. The molecule has 0 aliphatic carbocycles. The largest absolute Gasteiger partial charge is 0.310 e. The first-order valence-electron chi connectivity index (χ1n) is 6.43. The van der Waals surface area contributed by atoms with Gasteiger partial charge in [-0.05, 0) is 43.5 Å². The Hall–Kier alpha value is -0.120. The standard InChI is InChI=1S/C15H21Br2N/c1-4-8-18-15(9-11(3)5-2)13-7-6-12(16)10-14(13)17/h6-7,10,15,18H,3-5,8-9H2,1-2H3. The van der Waals surface area contributed by atoms with E-state index in [9.17, 15) is 0 Å². The van der Waals surface area contributed by atoms with Crippen LogP contribution in [0, 0.1) is 0 Å². The lowest BCUT2D eigenvalue weighted by Gasteiger charge is -2.21. The minimum absolute atomic E-state index is 0.347. The molecule has 0 aliphatic heterocycles. The molecule has 3 heteroatoms. The van der Waals surface area contributed by atoms with E-state index in [0.717, 1.165) is 34.8 Å². The Morgan fingerprint density at radius 2 is 2.06 bits per heavy atom. The van der Waals surface area contributed by atoms with Gasteiger partial charge in [0, 0.05) is 15.0 Å². The van der Waals surface area contributed by atoms with Crippen LogP contribution >= 0.6 is 31.9 Å². The fourth-order valence-electron chi connectivity index (χ4n) is 1.83. The van der Waals surface area contributed by atoms with Crippen LogP contribution in [0.3, 0.4) is 0 Å².